The second kappa shape index (κ2) is 8.24. The minimum absolute atomic E-state index is 0.316. The lowest BCUT2D eigenvalue weighted by atomic mass is 9.97. The minimum atomic E-state index is -4.39. The van der Waals surface area contributed by atoms with Crippen molar-refractivity contribution < 1.29 is 18.0 Å². The van der Waals surface area contributed by atoms with Crippen LogP contribution in [0.3, 0.4) is 0 Å². The first-order valence-electron chi connectivity index (χ1n) is 8.66. The van der Waals surface area contributed by atoms with Crippen LogP contribution in [0.2, 0.25) is 0 Å². The highest BCUT2D eigenvalue weighted by molar-refractivity contribution is 5.89. The molecule has 27 heavy (non-hydrogen) atoms. The van der Waals surface area contributed by atoms with Crippen molar-refractivity contribution in [3.63, 3.8) is 0 Å². The summed E-state index contributed by atoms with van der Waals surface area (Å²) in [6.07, 6.45) is 0.835. The van der Waals surface area contributed by atoms with E-state index in [4.69, 9.17) is 0 Å². The Kier molecular flexibility index (Phi) is 5.78. The quantitative estimate of drug-likeness (QED) is 0.853. The van der Waals surface area contributed by atoms with Gasteiger partial charge in [0.2, 0.25) is 5.95 Å². The van der Waals surface area contributed by atoms with Gasteiger partial charge in [-0.25, -0.2) is 14.8 Å². The van der Waals surface area contributed by atoms with E-state index in [9.17, 15) is 18.0 Å². The molecule has 0 unspecified atom stereocenters. The van der Waals surface area contributed by atoms with Crippen LogP contribution < -0.4 is 15.5 Å². The molecule has 0 spiro atoms. The number of carbonyl (C=O) groups is 1. The fourth-order valence-electron chi connectivity index (χ4n) is 2.95. The van der Waals surface area contributed by atoms with Crippen molar-refractivity contribution in [1.29, 1.82) is 0 Å². The topological polar surface area (TPSA) is 70.2 Å². The molecular formula is C18H20F3N5O. The van der Waals surface area contributed by atoms with E-state index in [1.807, 2.05) is 0 Å². The van der Waals surface area contributed by atoms with Gasteiger partial charge in [0.05, 0.1) is 5.56 Å². The molecule has 0 radical (unpaired) electrons. The van der Waals surface area contributed by atoms with Gasteiger partial charge in [-0.05, 0) is 49.1 Å². The Bertz CT molecular complexity index is 744. The molecule has 144 valence electrons. The molecule has 6 nitrogen and oxygen atoms in total. The molecule has 2 N–H and O–H groups in total. The van der Waals surface area contributed by atoms with E-state index in [-0.39, 0.29) is 0 Å². The smallest absolute Gasteiger partial charge is 0.341 e. The lowest BCUT2D eigenvalue weighted by Crippen LogP contribution is -2.40. The Morgan fingerprint density at radius 1 is 1.11 bits per heavy atom. The highest BCUT2D eigenvalue weighted by atomic mass is 19.4. The van der Waals surface area contributed by atoms with Crippen molar-refractivity contribution in [2.75, 3.05) is 29.9 Å². The number of hydrogen-bond donors (Lipinski definition) is 2. The second-order valence-electron chi connectivity index (χ2n) is 6.39. The molecule has 0 atom stereocenters. The van der Waals surface area contributed by atoms with E-state index in [1.165, 1.54) is 12.1 Å². The number of hydrogen-bond acceptors (Lipinski definition) is 4. The number of alkyl halides is 3. The fourth-order valence-corrected chi connectivity index (χ4v) is 2.95. The molecule has 1 aliphatic rings. The molecule has 2 amide bonds. The first-order chi connectivity index (χ1) is 12.9. The average molecular weight is 379 g/mol. The third-order valence-corrected chi connectivity index (χ3v) is 4.47. The van der Waals surface area contributed by atoms with Crippen LogP contribution in [0.1, 0.15) is 18.4 Å². The first-order valence-corrected chi connectivity index (χ1v) is 8.66. The van der Waals surface area contributed by atoms with Crippen LogP contribution in [-0.2, 0) is 6.18 Å². The number of piperidine rings is 1. The molecule has 1 aromatic heterocycles. The van der Waals surface area contributed by atoms with Crippen molar-refractivity contribution in [2.45, 2.75) is 19.0 Å². The first kappa shape index (κ1) is 18.9. The standard InChI is InChI=1S/C18H20F3N5O/c19-18(20,21)14-2-4-15(5-3-14)25-17(27)24-12-13-6-10-26(11-7-13)16-22-8-1-9-23-16/h1-5,8-9,13H,6-7,10-12H2,(H2,24,25,27). The summed E-state index contributed by atoms with van der Waals surface area (Å²) < 4.78 is 37.6. The maximum Gasteiger partial charge on any atom is 0.416 e. The predicted octanol–water partition coefficient (Wildman–Crippen LogP) is 3.53. The SMILES string of the molecule is O=C(NCC1CCN(c2ncccn2)CC1)Nc1ccc(C(F)(F)F)cc1. The van der Waals surface area contributed by atoms with Gasteiger partial charge >= 0.3 is 12.2 Å². The third-order valence-electron chi connectivity index (χ3n) is 4.47. The number of halogens is 3. The van der Waals surface area contributed by atoms with Crippen LogP contribution >= 0.6 is 0 Å². The van der Waals surface area contributed by atoms with Gasteiger partial charge in [0.1, 0.15) is 0 Å². The monoisotopic (exact) mass is 379 g/mol. The number of anilines is 2. The van der Waals surface area contributed by atoms with Crippen LogP contribution in [0.25, 0.3) is 0 Å². The number of rotatable bonds is 4. The molecule has 1 saturated heterocycles. The molecule has 1 aromatic carbocycles. The maximum absolute atomic E-state index is 12.5. The molecule has 9 heteroatoms. The zero-order valence-corrected chi connectivity index (χ0v) is 14.5. The maximum atomic E-state index is 12.5. The number of nitrogens with zero attached hydrogens (tertiary/aromatic N) is 3. The average Bonchev–Trinajstić information content (AvgIpc) is 2.67. The van der Waals surface area contributed by atoms with Crippen LogP contribution in [0.5, 0.6) is 0 Å². The number of carbonyl (C=O) groups excluding carboxylic acids is 1. The summed E-state index contributed by atoms with van der Waals surface area (Å²) >= 11 is 0. The van der Waals surface area contributed by atoms with E-state index in [2.05, 4.69) is 25.5 Å². The second-order valence-corrected chi connectivity index (χ2v) is 6.39. The number of nitrogens with one attached hydrogen (secondary N) is 2. The summed E-state index contributed by atoms with van der Waals surface area (Å²) in [7, 11) is 0. The molecule has 0 saturated carbocycles. The van der Waals surface area contributed by atoms with Gasteiger partial charge in [0.25, 0.3) is 0 Å². The predicted molar refractivity (Wildman–Crippen MR) is 95.4 cm³/mol. The molecule has 1 fully saturated rings. The summed E-state index contributed by atoms with van der Waals surface area (Å²) in [6, 6.07) is 5.70. The Hall–Kier alpha value is -2.84. The molecule has 2 heterocycles. The van der Waals surface area contributed by atoms with Crippen molar-refractivity contribution in [2.24, 2.45) is 5.92 Å². The van der Waals surface area contributed by atoms with Crippen molar-refractivity contribution in [1.82, 2.24) is 15.3 Å². The lowest BCUT2D eigenvalue weighted by Gasteiger charge is -2.31. The normalized spacial score (nSPS) is 15.4. The van der Waals surface area contributed by atoms with E-state index < -0.39 is 17.8 Å². The highest BCUT2D eigenvalue weighted by Gasteiger charge is 2.30. The summed E-state index contributed by atoms with van der Waals surface area (Å²) in [4.78, 5) is 22.5. The summed E-state index contributed by atoms with van der Waals surface area (Å²) in [5.74, 6) is 1.05. The zero-order valence-electron chi connectivity index (χ0n) is 14.5. The van der Waals surface area contributed by atoms with Gasteiger partial charge in [-0.3, -0.25) is 0 Å². The van der Waals surface area contributed by atoms with Gasteiger partial charge in [-0.1, -0.05) is 0 Å². The Labute approximate surface area is 154 Å². The van der Waals surface area contributed by atoms with Gasteiger partial charge in [-0.2, -0.15) is 13.2 Å². The number of benzene rings is 1. The molecule has 3 rings (SSSR count). The molecule has 2 aromatic rings. The van der Waals surface area contributed by atoms with Crippen LogP contribution in [-0.4, -0.2) is 35.6 Å². The third kappa shape index (κ3) is 5.32. The van der Waals surface area contributed by atoms with Crippen molar-refractivity contribution >= 4 is 17.7 Å². The van der Waals surface area contributed by atoms with Gasteiger partial charge in [-0.15, -0.1) is 0 Å². The van der Waals surface area contributed by atoms with Crippen molar-refractivity contribution in [3.8, 4) is 0 Å². The molecule has 0 bridgehead atoms. The van der Waals surface area contributed by atoms with E-state index in [0.717, 1.165) is 38.1 Å². The summed E-state index contributed by atoms with van der Waals surface area (Å²) in [5.41, 5.74) is -0.431. The highest BCUT2D eigenvalue weighted by Crippen LogP contribution is 2.29. The molecule has 0 aliphatic carbocycles. The van der Waals surface area contributed by atoms with Crippen LogP contribution in [0.4, 0.5) is 29.6 Å². The van der Waals surface area contributed by atoms with Gasteiger partial charge in [0.15, 0.2) is 0 Å². The summed E-state index contributed by atoms with van der Waals surface area (Å²) in [6.45, 7) is 2.14. The van der Waals surface area contributed by atoms with Gasteiger partial charge in [0, 0.05) is 37.7 Å². The van der Waals surface area contributed by atoms with E-state index in [1.54, 1.807) is 18.5 Å². The Balaban J connectivity index is 1.41. The Morgan fingerprint density at radius 3 is 2.33 bits per heavy atom. The zero-order chi connectivity index (χ0) is 19.3. The molecular weight excluding hydrogens is 359 g/mol. The Morgan fingerprint density at radius 2 is 1.74 bits per heavy atom. The number of amides is 2. The minimum Gasteiger partial charge on any atom is -0.341 e. The number of urea groups is 1. The van der Waals surface area contributed by atoms with Crippen LogP contribution in [0.15, 0.2) is 42.7 Å². The summed E-state index contributed by atoms with van der Waals surface area (Å²) in [5, 5.41) is 5.33. The molecule has 1 aliphatic heterocycles. The van der Waals surface area contributed by atoms with E-state index >= 15 is 0 Å². The fraction of sp³-hybridized carbons (Fsp3) is 0.389. The lowest BCUT2D eigenvalue weighted by molar-refractivity contribution is -0.137. The van der Waals surface area contributed by atoms with E-state index in [0.29, 0.717) is 24.1 Å². The van der Waals surface area contributed by atoms with Crippen LogP contribution in [0, 0.1) is 5.92 Å². The van der Waals surface area contributed by atoms with Gasteiger partial charge < -0.3 is 15.5 Å². The van der Waals surface area contributed by atoms with Crippen molar-refractivity contribution in [3.05, 3.63) is 48.3 Å². The number of aromatic nitrogens is 2. The largest absolute Gasteiger partial charge is 0.416 e.